The highest BCUT2D eigenvalue weighted by molar-refractivity contribution is 5.99. The molecule has 1 aromatic heterocycles. The number of esters is 4. The average Bonchev–Trinajstić information content (AvgIpc) is 3.18. The Kier molecular flexibility index (Phi) is 9.92. The lowest BCUT2D eigenvalue weighted by molar-refractivity contribution is -0.166. The maximum absolute atomic E-state index is 12.9. The van der Waals surface area contributed by atoms with Crippen molar-refractivity contribution in [1.29, 1.82) is 0 Å². The molecular formula is C25H28N4O11. The molecule has 0 saturated carbocycles. The molecule has 1 fully saturated rings. The predicted molar refractivity (Wildman–Crippen MR) is 135 cm³/mol. The molecule has 214 valence electrons. The molecule has 2 amide bonds. The van der Waals surface area contributed by atoms with Crippen LogP contribution in [0.3, 0.4) is 0 Å². The predicted octanol–water partition coefficient (Wildman–Crippen LogP) is 1.39. The molecule has 40 heavy (non-hydrogen) atoms. The SMILES string of the molecule is CCOC(=O)c1ccc(NC(=O)Nc2ccn([C@@H]3O[C@H](COC(C)=O)[C@@H](OC(C)=O)[C@H]3OC(C)=O)c(=O)n2)cc1. The maximum Gasteiger partial charge on any atom is 0.351 e. The zero-order chi connectivity index (χ0) is 29.4. The monoisotopic (exact) mass is 560 g/mol. The van der Waals surface area contributed by atoms with Gasteiger partial charge in [0, 0.05) is 32.7 Å². The van der Waals surface area contributed by atoms with Crippen LogP contribution in [0.2, 0.25) is 0 Å². The number of hydrogen-bond donors (Lipinski definition) is 2. The van der Waals surface area contributed by atoms with Gasteiger partial charge < -0.3 is 29.0 Å². The van der Waals surface area contributed by atoms with Crippen molar-refractivity contribution in [2.75, 3.05) is 23.8 Å². The lowest BCUT2D eigenvalue weighted by Gasteiger charge is -2.23. The van der Waals surface area contributed by atoms with Crippen LogP contribution < -0.4 is 16.3 Å². The third-order valence-corrected chi connectivity index (χ3v) is 5.34. The van der Waals surface area contributed by atoms with Gasteiger partial charge in [-0.25, -0.2) is 14.4 Å². The molecule has 0 unspecified atom stereocenters. The van der Waals surface area contributed by atoms with Gasteiger partial charge in [-0.2, -0.15) is 4.98 Å². The van der Waals surface area contributed by atoms with Crippen LogP contribution in [0.5, 0.6) is 0 Å². The van der Waals surface area contributed by atoms with E-state index in [4.69, 9.17) is 23.7 Å². The van der Waals surface area contributed by atoms with Crippen LogP contribution in [-0.4, -0.2) is 71.0 Å². The summed E-state index contributed by atoms with van der Waals surface area (Å²) < 4.78 is 27.2. The molecule has 2 heterocycles. The molecule has 0 spiro atoms. The second-order valence-electron chi connectivity index (χ2n) is 8.40. The topological polar surface area (TPSA) is 190 Å². The van der Waals surface area contributed by atoms with Crippen LogP contribution in [0.4, 0.5) is 16.3 Å². The number of carbonyl (C=O) groups is 5. The normalized spacial score (nSPS) is 19.7. The number of anilines is 2. The molecule has 0 aliphatic carbocycles. The van der Waals surface area contributed by atoms with E-state index in [1.165, 1.54) is 43.5 Å². The van der Waals surface area contributed by atoms with E-state index in [1.54, 1.807) is 6.92 Å². The number of hydrogen-bond acceptors (Lipinski definition) is 12. The van der Waals surface area contributed by atoms with Gasteiger partial charge in [-0.1, -0.05) is 0 Å². The number of benzene rings is 1. The molecule has 2 aromatic rings. The van der Waals surface area contributed by atoms with Crippen LogP contribution in [0.1, 0.15) is 44.3 Å². The Morgan fingerprint density at radius 3 is 2.12 bits per heavy atom. The molecule has 15 heteroatoms. The van der Waals surface area contributed by atoms with Crippen LogP contribution in [-0.2, 0) is 38.1 Å². The van der Waals surface area contributed by atoms with Crippen molar-refractivity contribution in [3.8, 4) is 0 Å². The molecule has 15 nitrogen and oxygen atoms in total. The third kappa shape index (κ3) is 7.86. The molecule has 2 N–H and O–H groups in total. The molecule has 3 rings (SSSR count). The lowest BCUT2D eigenvalue weighted by Crippen LogP contribution is -2.41. The van der Waals surface area contributed by atoms with E-state index in [2.05, 4.69) is 15.6 Å². The number of aromatic nitrogens is 2. The zero-order valence-corrected chi connectivity index (χ0v) is 22.1. The molecule has 1 aliphatic heterocycles. The largest absolute Gasteiger partial charge is 0.463 e. The lowest BCUT2D eigenvalue weighted by atomic mass is 10.1. The summed E-state index contributed by atoms with van der Waals surface area (Å²) >= 11 is 0. The van der Waals surface area contributed by atoms with Crippen molar-refractivity contribution in [3.05, 3.63) is 52.6 Å². The molecule has 1 aliphatic rings. The summed E-state index contributed by atoms with van der Waals surface area (Å²) in [7, 11) is 0. The second-order valence-corrected chi connectivity index (χ2v) is 8.40. The molecule has 1 aromatic carbocycles. The summed E-state index contributed by atoms with van der Waals surface area (Å²) in [6.07, 6.45) is -3.60. The van der Waals surface area contributed by atoms with Gasteiger partial charge >= 0.3 is 35.6 Å². The van der Waals surface area contributed by atoms with E-state index in [1.807, 2.05) is 0 Å². The number of rotatable bonds is 9. The summed E-state index contributed by atoms with van der Waals surface area (Å²) in [4.78, 5) is 75.7. The van der Waals surface area contributed by atoms with Crippen LogP contribution in [0.25, 0.3) is 0 Å². The first kappa shape index (κ1) is 29.8. The van der Waals surface area contributed by atoms with Gasteiger partial charge in [0.1, 0.15) is 18.5 Å². The Labute approximate surface area is 227 Å². The van der Waals surface area contributed by atoms with Gasteiger partial charge in [-0.3, -0.25) is 24.3 Å². The summed E-state index contributed by atoms with van der Waals surface area (Å²) in [6, 6.07) is 6.52. The zero-order valence-electron chi connectivity index (χ0n) is 22.1. The van der Waals surface area contributed by atoms with Crippen molar-refractivity contribution in [2.24, 2.45) is 0 Å². The van der Waals surface area contributed by atoms with E-state index in [9.17, 15) is 28.8 Å². The first-order chi connectivity index (χ1) is 19.0. The summed E-state index contributed by atoms with van der Waals surface area (Å²) in [5.74, 6) is -2.69. The fraction of sp³-hybridized carbons (Fsp3) is 0.400. The van der Waals surface area contributed by atoms with Crippen molar-refractivity contribution in [2.45, 2.75) is 52.2 Å². The molecule has 0 radical (unpaired) electrons. The van der Waals surface area contributed by atoms with Gasteiger partial charge in [0.05, 0.1) is 12.2 Å². The molecule has 4 atom stereocenters. The highest BCUT2D eigenvalue weighted by Gasteiger charge is 2.51. The van der Waals surface area contributed by atoms with Crippen LogP contribution in [0, 0.1) is 0 Å². The Morgan fingerprint density at radius 2 is 1.55 bits per heavy atom. The second kappa shape index (κ2) is 13.3. The minimum atomic E-state index is -1.30. The summed E-state index contributed by atoms with van der Waals surface area (Å²) in [6.45, 7) is 5.00. The van der Waals surface area contributed by atoms with E-state index in [-0.39, 0.29) is 19.0 Å². The Hall–Kier alpha value is -4.79. The summed E-state index contributed by atoms with van der Waals surface area (Å²) in [5, 5.41) is 4.94. The number of nitrogens with one attached hydrogen (secondary N) is 2. The minimum Gasteiger partial charge on any atom is -0.463 e. The number of amides is 2. The van der Waals surface area contributed by atoms with Crippen LogP contribution in [0.15, 0.2) is 41.3 Å². The van der Waals surface area contributed by atoms with Crippen LogP contribution >= 0.6 is 0 Å². The average molecular weight is 561 g/mol. The molecule has 0 bridgehead atoms. The van der Waals surface area contributed by atoms with Gasteiger partial charge in [-0.15, -0.1) is 0 Å². The van der Waals surface area contributed by atoms with Gasteiger partial charge in [0.2, 0.25) is 0 Å². The highest BCUT2D eigenvalue weighted by Crippen LogP contribution is 2.33. The van der Waals surface area contributed by atoms with E-state index in [0.717, 1.165) is 18.4 Å². The van der Waals surface area contributed by atoms with Crippen molar-refractivity contribution >= 4 is 41.4 Å². The minimum absolute atomic E-state index is 0.114. The van der Waals surface area contributed by atoms with Gasteiger partial charge in [-0.05, 0) is 37.3 Å². The van der Waals surface area contributed by atoms with Gasteiger partial charge in [0.25, 0.3) is 0 Å². The Morgan fingerprint density at radius 1 is 0.900 bits per heavy atom. The number of urea groups is 1. The fourth-order valence-corrected chi connectivity index (χ4v) is 3.78. The van der Waals surface area contributed by atoms with E-state index in [0.29, 0.717) is 11.3 Å². The van der Waals surface area contributed by atoms with Crippen molar-refractivity contribution in [1.82, 2.24) is 9.55 Å². The summed E-state index contributed by atoms with van der Waals surface area (Å²) in [5.41, 5.74) is -0.225. The quantitative estimate of drug-likeness (QED) is 0.331. The number of carbonyl (C=O) groups excluding carboxylic acids is 5. The first-order valence-electron chi connectivity index (χ1n) is 12.1. The Balaban J connectivity index is 1.75. The van der Waals surface area contributed by atoms with E-state index < -0.39 is 60.1 Å². The van der Waals surface area contributed by atoms with Crippen molar-refractivity contribution < 1.29 is 47.7 Å². The molecular weight excluding hydrogens is 532 g/mol. The Bertz CT molecular complexity index is 1320. The number of ether oxygens (including phenoxy) is 5. The standard InChI is InChI=1S/C25H28N4O11/c1-5-36-23(33)16-6-8-17(9-7-16)26-24(34)27-19-10-11-29(25(35)28-19)22-21(39-15(4)32)20(38-14(3)31)18(40-22)12-37-13(2)30/h6-11,18,20-22H,5,12H2,1-4H3,(H2,26,27,28,34,35)/t18-,20-,21-,22-/m1/s1. The first-order valence-corrected chi connectivity index (χ1v) is 12.1. The fourth-order valence-electron chi connectivity index (χ4n) is 3.78. The van der Waals surface area contributed by atoms with Gasteiger partial charge in [0.15, 0.2) is 18.4 Å². The molecule has 1 saturated heterocycles. The maximum atomic E-state index is 12.9. The number of nitrogens with zero attached hydrogens (tertiary/aromatic N) is 2. The highest BCUT2D eigenvalue weighted by atomic mass is 16.7. The van der Waals surface area contributed by atoms with E-state index >= 15 is 0 Å². The van der Waals surface area contributed by atoms with Crippen molar-refractivity contribution in [3.63, 3.8) is 0 Å². The third-order valence-electron chi connectivity index (χ3n) is 5.34. The smallest absolute Gasteiger partial charge is 0.351 e.